The maximum absolute atomic E-state index is 11.7. The van der Waals surface area contributed by atoms with Crippen LogP contribution in [0.2, 0.25) is 0 Å². The molecule has 0 amide bonds. The Morgan fingerprint density at radius 2 is 1.85 bits per heavy atom. The maximum Gasteiger partial charge on any atom is 0.320 e. The number of fused-ring (bicyclic) bond motifs is 3. The molecule has 2 saturated carbocycles. The van der Waals surface area contributed by atoms with Crippen molar-refractivity contribution >= 4 is 5.97 Å². The van der Waals surface area contributed by atoms with E-state index in [1.54, 1.807) is 0 Å². The topological polar surface area (TPSA) is 81.0 Å². The van der Waals surface area contributed by atoms with Crippen LogP contribution in [0.5, 0.6) is 0 Å². The molecule has 0 radical (unpaired) electrons. The highest BCUT2D eigenvalue weighted by atomic mass is 16.4. The van der Waals surface area contributed by atoms with Crippen LogP contribution in [-0.4, -0.2) is 56.5 Å². The Morgan fingerprint density at radius 1 is 1.11 bits per heavy atom. The molecule has 5 nitrogen and oxygen atoms in total. The Morgan fingerprint density at radius 3 is 2.56 bits per heavy atom. The first-order chi connectivity index (χ1) is 13.0. The molecule has 4 aliphatic rings. The average molecular weight is 378 g/mol. The molecular formula is C22H35NO4. The number of piperidine rings is 1. The van der Waals surface area contributed by atoms with Gasteiger partial charge in [0.2, 0.25) is 0 Å². The van der Waals surface area contributed by atoms with Gasteiger partial charge >= 0.3 is 5.97 Å². The van der Waals surface area contributed by atoms with Crippen LogP contribution in [0.1, 0.15) is 64.7 Å². The van der Waals surface area contributed by atoms with Crippen LogP contribution in [0.4, 0.5) is 0 Å². The molecule has 0 aromatic carbocycles. The Kier molecular flexibility index (Phi) is 5.64. The fourth-order valence-corrected chi connectivity index (χ4v) is 6.48. The Bertz CT molecular complexity index is 571. The van der Waals surface area contributed by atoms with Gasteiger partial charge in [-0.1, -0.05) is 31.9 Å². The highest BCUT2D eigenvalue weighted by molar-refractivity contribution is 5.73. The van der Waals surface area contributed by atoms with Gasteiger partial charge in [-0.3, -0.25) is 9.69 Å². The lowest BCUT2D eigenvalue weighted by atomic mass is 9.79. The van der Waals surface area contributed by atoms with E-state index in [4.69, 9.17) is 0 Å². The summed E-state index contributed by atoms with van der Waals surface area (Å²) in [7, 11) is 0. The number of aliphatic carboxylic acids is 1. The summed E-state index contributed by atoms with van der Waals surface area (Å²) in [6.45, 7) is 2.28. The third kappa shape index (κ3) is 3.70. The van der Waals surface area contributed by atoms with Gasteiger partial charge in [-0.05, 0) is 62.7 Å². The van der Waals surface area contributed by atoms with Crippen LogP contribution in [0.25, 0.3) is 0 Å². The lowest BCUT2D eigenvalue weighted by molar-refractivity contribution is -0.146. The van der Waals surface area contributed by atoms with Gasteiger partial charge in [0.25, 0.3) is 0 Å². The number of hydrogen-bond acceptors (Lipinski definition) is 4. The number of hydrogen-bond donors (Lipinski definition) is 3. The molecule has 4 rings (SSSR count). The molecule has 7 atom stereocenters. The number of carboxylic acid groups (broad SMARTS) is 1. The predicted molar refractivity (Wildman–Crippen MR) is 103 cm³/mol. The molecule has 2 heterocycles. The van der Waals surface area contributed by atoms with E-state index >= 15 is 0 Å². The zero-order valence-corrected chi connectivity index (χ0v) is 16.4. The monoisotopic (exact) mass is 377 g/mol. The van der Waals surface area contributed by atoms with Crippen molar-refractivity contribution in [2.45, 2.75) is 95.0 Å². The minimum Gasteiger partial charge on any atom is -0.480 e. The fourth-order valence-electron chi connectivity index (χ4n) is 6.48. The van der Waals surface area contributed by atoms with Crippen LogP contribution in [0, 0.1) is 23.7 Å². The molecule has 0 spiro atoms. The largest absolute Gasteiger partial charge is 0.480 e. The zero-order chi connectivity index (χ0) is 19.1. The predicted octanol–water partition coefficient (Wildman–Crippen LogP) is 2.81. The molecular weight excluding hydrogens is 342 g/mol. The first-order valence-electron chi connectivity index (χ1n) is 11.0. The van der Waals surface area contributed by atoms with Gasteiger partial charge in [-0.25, -0.2) is 0 Å². The SMILES string of the molecule is CC1CCC([C@@H](O)/C=C/[C@@H]2[C@H]3CC4CCCC(C(=O)O)N4[C@@H]3C[C@H]2O)CC1. The smallest absolute Gasteiger partial charge is 0.320 e. The van der Waals surface area contributed by atoms with Crippen molar-refractivity contribution in [1.82, 2.24) is 4.90 Å². The van der Waals surface area contributed by atoms with Gasteiger partial charge in [0.15, 0.2) is 0 Å². The van der Waals surface area contributed by atoms with E-state index in [2.05, 4.69) is 17.9 Å². The first-order valence-corrected chi connectivity index (χ1v) is 11.0. The number of aliphatic hydroxyl groups excluding tert-OH is 2. The molecule has 4 fully saturated rings. The van der Waals surface area contributed by atoms with E-state index in [0.717, 1.165) is 44.4 Å². The van der Waals surface area contributed by atoms with Gasteiger partial charge in [-0.2, -0.15) is 0 Å². The van der Waals surface area contributed by atoms with Crippen LogP contribution in [0.3, 0.4) is 0 Å². The molecule has 5 heteroatoms. The number of rotatable bonds is 4. The van der Waals surface area contributed by atoms with Gasteiger partial charge < -0.3 is 15.3 Å². The fraction of sp³-hybridized carbons (Fsp3) is 0.864. The van der Waals surface area contributed by atoms with Crippen molar-refractivity contribution in [1.29, 1.82) is 0 Å². The van der Waals surface area contributed by atoms with Crippen molar-refractivity contribution in [3.8, 4) is 0 Å². The molecule has 2 aliphatic carbocycles. The zero-order valence-electron chi connectivity index (χ0n) is 16.4. The number of aliphatic hydroxyl groups is 2. The maximum atomic E-state index is 11.7. The minimum atomic E-state index is -0.712. The Labute approximate surface area is 162 Å². The molecule has 0 aromatic heterocycles. The third-order valence-electron chi connectivity index (χ3n) is 8.00. The summed E-state index contributed by atoms with van der Waals surface area (Å²) in [5.41, 5.74) is 0. The highest BCUT2D eigenvalue weighted by Gasteiger charge is 2.55. The molecule has 152 valence electrons. The quantitative estimate of drug-likeness (QED) is 0.657. The van der Waals surface area contributed by atoms with E-state index in [-0.39, 0.29) is 18.0 Å². The Balaban J connectivity index is 1.43. The van der Waals surface area contributed by atoms with Gasteiger partial charge in [-0.15, -0.1) is 0 Å². The van der Waals surface area contributed by atoms with Crippen molar-refractivity contribution < 1.29 is 20.1 Å². The molecule has 3 N–H and O–H groups in total. The van der Waals surface area contributed by atoms with Crippen molar-refractivity contribution in [2.75, 3.05) is 0 Å². The van der Waals surface area contributed by atoms with E-state index < -0.39 is 18.2 Å². The van der Waals surface area contributed by atoms with Gasteiger partial charge in [0.1, 0.15) is 6.04 Å². The summed E-state index contributed by atoms with van der Waals surface area (Å²) < 4.78 is 0. The second kappa shape index (κ2) is 7.84. The standard InChI is InChI=1S/C22H35NO4/c1-13-5-7-14(8-6-13)20(24)10-9-16-17-11-15-3-2-4-18(22(26)27)23(15)19(17)12-21(16)25/h9-10,13-21,24-25H,2-8,11-12H2,1H3,(H,26,27)/b10-9+/t13?,14?,15?,16-,17-,18?,19-,20+,21-/m1/s1. The van der Waals surface area contributed by atoms with E-state index in [9.17, 15) is 20.1 Å². The van der Waals surface area contributed by atoms with Crippen LogP contribution in [-0.2, 0) is 4.79 Å². The summed E-state index contributed by atoms with van der Waals surface area (Å²) in [5.74, 6) is 0.772. The summed E-state index contributed by atoms with van der Waals surface area (Å²) in [6.07, 6.45) is 12.1. The lowest BCUT2D eigenvalue weighted by Crippen LogP contribution is -2.51. The average Bonchev–Trinajstić information content (AvgIpc) is 3.14. The summed E-state index contributed by atoms with van der Waals surface area (Å²) in [4.78, 5) is 13.9. The Hall–Kier alpha value is -0.910. The van der Waals surface area contributed by atoms with Crippen LogP contribution >= 0.6 is 0 Å². The number of nitrogens with zero attached hydrogens (tertiary/aromatic N) is 1. The summed E-state index contributed by atoms with van der Waals surface area (Å²) in [6, 6.07) is 0.139. The van der Waals surface area contributed by atoms with Gasteiger partial charge in [0.05, 0.1) is 12.2 Å². The third-order valence-corrected chi connectivity index (χ3v) is 8.00. The normalized spacial score (nSPS) is 46.3. The molecule has 2 saturated heterocycles. The molecule has 2 unspecified atom stereocenters. The summed E-state index contributed by atoms with van der Waals surface area (Å²) in [5, 5.41) is 30.9. The molecule has 2 aliphatic heterocycles. The number of carbonyl (C=O) groups is 1. The highest BCUT2D eigenvalue weighted by Crippen LogP contribution is 2.49. The molecule has 0 aromatic rings. The summed E-state index contributed by atoms with van der Waals surface area (Å²) >= 11 is 0. The van der Waals surface area contributed by atoms with Crippen LogP contribution < -0.4 is 0 Å². The number of carboxylic acids is 1. The van der Waals surface area contributed by atoms with Crippen molar-refractivity contribution in [3.05, 3.63) is 12.2 Å². The van der Waals surface area contributed by atoms with Crippen molar-refractivity contribution in [2.24, 2.45) is 23.7 Å². The lowest BCUT2D eigenvalue weighted by Gasteiger charge is -2.38. The van der Waals surface area contributed by atoms with E-state index in [1.165, 1.54) is 12.8 Å². The molecule has 27 heavy (non-hydrogen) atoms. The van der Waals surface area contributed by atoms with E-state index in [0.29, 0.717) is 24.3 Å². The van der Waals surface area contributed by atoms with Crippen molar-refractivity contribution in [3.63, 3.8) is 0 Å². The van der Waals surface area contributed by atoms with Crippen LogP contribution in [0.15, 0.2) is 12.2 Å². The van der Waals surface area contributed by atoms with Gasteiger partial charge in [0, 0.05) is 18.0 Å². The second-order valence-electron chi connectivity index (χ2n) is 9.63. The second-order valence-corrected chi connectivity index (χ2v) is 9.63. The molecule has 0 bridgehead atoms. The minimum absolute atomic E-state index is 0.0483. The first kappa shape index (κ1) is 19.4. The van der Waals surface area contributed by atoms with E-state index in [1.807, 2.05) is 6.08 Å².